The van der Waals surface area contributed by atoms with Gasteiger partial charge < -0.3 is 5.73 Å². The van der Waals surface area contributed by atoms with E-state index in [4.69, 9.17) is 10.6 Å². The Morgan fingerprint density at radius 2 is 2.21 bits per heavy atom. The van der Waals surface area contributed by atoms with Gasteiger partial charge in [0.1, 0.15) is 0 Å². The lowest BCUT2D eigenvalue weighted by molar-refractivity contribution is 0.0776. The topological polar surface area (TPSA) is 38.5 Å². The van der Waals surface area contributed by atoms with E-state index in [0.29, 0.717) is 0 Å². The standard InChI is InChI=1S/C11H16N2O/c1-9-8-10(12)4-5-11(9)13-6-2-3-7-14-13/h4-5,8H,2-3,6-7,12H2,1H3. The van der Waals surface area contributed by atoms with Crippen molar-refractivity contribution in [3.8, 4) is 0 Å². The third-order valence-electron chi connectivity index (χ3n) is 2.49. The van der Waals surface area contributed by atoms with Crippen molar-refractivity contribution in [1.82, 2.24) is 0 Å². The van der Waals surface area contributed by atoms with E-state index in [-0.39, 0.29) is 0 Å². The first-order chi connectivity index (χ1) is 6.77. The van der Waals surface area contributed by atoms with Crippen LogP contribution in [0.5, 0.6) is 0 Å². The van der Waals surface area contributed by atoms with Gasteiger partial charge in [0, 0.05) is 12.2 Å². The van der Waals surface area contributed by atoms with Gasteiger partial charge in [0.15, 0.2) is 0 Å². The zero-order valence-corrected chi connectivity index (χ0v) is 8.49. The average molecular weight is 192 g/mol. The predicted molar refractivity (Wildman–Crippen MR) is 58.1 cm³/mol. The van der Waals surface area contributed by atoms with Crippen molar-refractivity contribution in [1.29, 1.82) is 0 Å². The number of anilines is 2. The van der Waals surface area contributed by atoms with Gasteiger partial charge in [-0.15, -0.1) is 0 Å². The Morgan fingerprint density at radius 3 is 2.86 bits per heavy atom. The zero-order chi connectivity index (χ0) is 9.97. The Morgan fingerprint density at radius 1 is 1.36 bits per heavy atom. The molecule has 1 aromatic rings. The molecule has 1 heterocycles. The van der Waals surface area contributed by atoms with Crippen LogP contribution in [0.1, 0.15) is 18.4 Å². The molecule has 3 heteroatoms. The van der Waals surface area contributed by atoms with Gasteiger partial charge in [-0.2, -0.15) is 0 Å². The molecule has 0 radical (unpaired) electrons. The van der Waals surface area contributed by atoms with E-state index in [1.807, 2.05) is 23.3 Å². The predicted octanol–water partition coefficient (Wildman–Crippen LogP) is 2.11. The molecule has 0 aromatic heterocycles. The van der Waals surface area contributed by atoms with E-state index in [9.17, 15) is 0 Å². The highest BCUT2D eigenvalue weighted by Gasteiger charge is 2.13. The Balaban J connectivity index is 2.22. The van der Waals surface area contributed by atoms with E-state index in [1.165, 1.54) is 12.0 Å². The molecule has 0 saturated carbocycles. The molecule has 0 unspecified atom stereocenters. The SMILES string of the molecule is Cc1cc(N)ccc1N1CCCCO1. The van der Waals surface area contributed by atoms with Crippen LogP contribution in [0, 0.1) is 6.92 Å². The van der Waals surface area contributed by atoms with Crippen LogP contribution >= 0.6 is 0 Å². The highest BCUT2D eigenvalue weighted by Crippen LogP contribution is 2.24. The first kappa shape index (κ1) is 9.34. The Kier molecular flexibility index (Phi) is 2.59. The summed E-state index contributed by atoms with van der Waals surface area (Å²) in [4.78, 5) is 5.58. The van der Waals surface area contributed by atoms with Gasteiger partial charge in [-0.05, 0) is 43.5 Å². The smallest absolute Gasteiger partial charge is 0.0749 e. The quantitative estimate of drug-likeness (QED) is 0.692. The number of hydrogen-bond donors (Lipinski definition) is 1. The Hall–Kier alpha value is -1.22. The van der Waals surface area contributed by atoms with Crippen LogP contribution in [-0.2, 0) is 4.84 Å². The fraction of sp³-hybridized carbons (Fsp3) is 0.455. The molecule has 0 atom stereocenters. The monoisotopic (exact) mass is 192 g/mol. The van der Waals surface area contributed by atoms with Crippen LogP contribution < -0.4 is 10.8 Å². The summed E-state index contributed by atoms with van der Waals surface area (Å²) in [6.45, 7) is 3.86. The van der Waals surface area contributed by atoms with E-state index >= 15 is 0 Å². The van der Waals surface area contributed by atoms with Gasteiger partial charge in [0.25, 0.3) is 0 Å². The first-order valence-corrected chi connectivity index (χ1v) is 5.04. The van der Waals surface area contributed by atoms with Crippen LogP contribution in [0.2, 0.25) is 0 Å². The van der Waals surface area contributed by atoms with Crippen molar-refractivity contribution >= 4 is 11.4 Å². The van der Waals surface area contributed by atoms with Crippen molar-refractivity contribution in [2.75, 3.05) is 23.9 Å². The molecule has 0 bridgehead atoms. The maximum absolute atomic E-state index is 5.70. The third-order valence-corrected chi connectivity index (χ3v) is 2.49. The van der Waals surface area contributed by atoms with Crippen molar-refractivity contribution in [2.45, 2.75) is 19.8 Å². The summed E-state index contributed by atoms with van der Waals surface area (Å²) in [6, 6.07) is 5.92. The van der Waals surface area contributed by atoms with Crippen molar-refractivity contribution in [3.05, 3.63) is 23.8 Å². The molecule has 1 aliphatic rings. The van der Waals surface area contributed by atoms with Crippen LogP contribution in [0.4, 0.5) is 11.4 Å². The summed E-state index contributed by atoms with van der Waals surface area (Å²) >= 11 is 0. The lowest BCUT2D eigenvalue weighted by atomic mass is 10.1. The van der Waals surface area contributed by atoms with E-state index in [2.05, 4.69) is 6.92 Å². The van der Waals surface area contributed by atoms with Crippen LogP contribution in [-0.4, -0.2) is 13.2 Å². The molecular formula is C11H16N2O. The Labute approximate surface area is 84.4 Å². The van der Waals surface area contributed by atoms with E-state index in [1.54, 1.807) is 0 Å². The molecule has 0 spiro atoms. The number of nitrogens with two attached hydrogens (primary N) is 1. The molecule has 2 rings (SSSR count). The second-order valence-corrected chi connectivity index (χ2v) is 3.69. The maximum atomic E-state index is 5.70. The fourth-order valence-electron chi connectivity index (χ4n) is 1.75. The second-order valence-electron chi connectivity index (χ2n) is 3.69. The number of aryl methyl sites for hydroxylation is 1. The van der Waals surface area contributed by atoms with Gasteiger partial charge in [-0.25, -0.2) is 0 Å². The summed E-state index contributed by atoms with van der Waals surface area (Å²) in [5.74, 6) is 0. The maximum Gasteiger partial charge on any atom is 0.0749 e. The van der Waals surface area contributed by atoms with Gasteiger partial charge in [0.05, 0.1) is 12.3 Å². The Bertz CT molecular complexity index is 319. The number of rotatable bonds is 1. The lowest BCUT2D eigenvalue weighted by Crippen LogP contribution is -2.30. The van der Waals surface area contributed by atoms with Gasteiger partial charge in [0.2, 0.25) is 0 Å². The van der Waals surface area contributed by atoms with Crippen LogP contribution in [0.15, 0.2) is 18.2 Å². The minimum absolute atomic E-state index is 0.809. The minimum Gasteiger partial charge on any atom is -0.399 e. The molecule has 1 saturated heterocycles. The van der Waals surface area contributed by atoms with Crippen LogP contribution in [0.25, 0.3) is 0 Å². The average Bonchev–Trinajstić information content (AvgIpc) is 2.19. The summed E-state index contributed by atoms with van der Waals surface area (Å²) in [5, 5.41) is 1.97. The summed E-state index contributed by atoms with van der Waals surface area (Å²) in [6.07, 6.45) is 2.36. The number of nitrogens with zero attached hydrogens (tertiary/aromatic N) is 1. The van der Waals surface area contributed by atoms with E-state index < -0.39 is 0 Å². The van der Waals surface area contributed by atoms with Crippen molar-refractivity contribution in [3.63, 3.8) is 0 Å². The summed E-state index contributed by atoms with van der Waals surface area (Å²) in [5.41, 5.74) is 8.82. The number of nitrogen functional groups attached to an aromatic ring is 1. The van der Waals surface area contributed by atoms with Gasteiger partial charge in [-0.1, -0.05) is 0 Å². The number of hydrogen-bond acceptors (Lipinski definition) is 3. The largest absolute Gasteiger partial charge is 0.399 e. The van der Waals surface area contributed by atoms with Gasteiger partial charge in [-0.3, -0.25) is 9.90 Å². The summed E-state index contributed by atoms with van der Waals surface area (Å²) in [7, 11) is 0. The lowest BCUT2D eigenvalue weighted by Gasteiger charge is -2.29. The third kappa shape index (κ3) is 1.82. The fourth-order valence-corrected chi connectivity index (χ4v) is 1.75. The molecule has 1 aromatic carbocycles. The van der Waals surface area contributed by atoms with Gasteiger partial charge >= 0.3 is 0 Å². The molecule has 1 aliphatic heterocycles. The first-order valence-electron chi connectivity index (χ1n) is 5.04. The second kappa shape index (κ2) is 3.88. The molecule has 0 amide bonds. The molecule has 1 fully saturated rings. The molecule has 14 heavy (non-hydrogen) atoms. The molecular weight excluding hydrogens is 176 g/mol. The molecule has 76 valence electrons. The zero-order valence-electron chi connectivity index (χ0n) is 8.49. The minimum atomic E-state index is 0.809. The highest BCUT2D eigenvalue weighted by atomic mass is 16.7. The number of hydroxylamine groups is 1. The van der Waals surface area contributed by atoms with Crippen LogP contribution in [0.3, 0.4) is 0 Å². The number of benzene rings is 1. The highest BCUT2D eigenvalue weighted by molar-refractivity contribution is 5.57. The molecule has 0 aliphatic carbocycles. The normalized spacial score (nSPS) is 17.1. The van der Waals surface area contributed by atoms with Crippen molar-refractivity contribution < 1.29 is 4.84 Å². The molecule has 3 nitrogen and oxygen atoms in total. The summed E-state index contributed by atoms with van der Waals surface area (Å²) < 4.78 is 0. The molecule has 2 N–H and O–H groups in total. The van der Waals surface area contributed by atoms with E-state index in [0.717, 1.165) is 30.9 Å². The van der Waals surface area contributed by atoms with Crippen molar-refractivity contribution in [2.24, 2.45) is 0 Å².